The van der Waals surface area contributed by atoms with Crippen LogP contribution in [0.5, 0.6) is 0 Å². The number of halogens is 3. The predicted octanol–water partition coefficient (Wildman–Crippen LogP) is 4.37. The standard InChI is InChI=1S/C42H44F3N9O5/c1-40(2,39(59)48-27-4-3-24(17-46)33(15-27)42(43,44)45)53-21-30(18-47-53)50-11-9-41(10-12-50)22-52(23-41)29-13-25-19-51(20-26(25)14-29)28-5-6-31-32(16-28)38(58)54(37(31)57)34-7-8-35(55)49-36(34)56/h3-6,15-16,18,21,25-26,29,34H,7-14,19-20,22-23H2,1-2H3,(H,48,59)(H,49,55,56). The summed E-state index contributed by atoms with van der Waals surface area (Å²) in [7, 11) is 0. The van der Waals surface area contributed by atoms with E-state index in [9.17, 15) is 37.1 Å². The van der Waals surface area contributed by atoms with Gasteiger partial charge in [-0.3, -0.25) is 43.8 Å². The van der Waals surface area contributed by atoms with Crippen molar-refractivity contribution < 1.29 is 37.1 Å². The Balaban J connectivity index is 0.754. The van der Waals surface area contributed by atoms with Crippen molar-refractivity contribution in [1.82, 2.24) is 24.9 Å². The van der Waals surface area contributed by atoms with E-state index in [2.05, 4.69) is 30.4 Å². The summed E-state index contributed by atoms with van der Waals surface area (Å²) >= 11 is 0. The molecule has 2 N–H and O–H groups in total. The lowest BCUT2D eigenvalue weighted by Crippen LogP contribution is -2.62. The highest BCUT2D eigenvalue weighted by Crippen LogP contribution is 2.48. The van der Waals surface area contributed by atoms with Crippen LogP contribution in [0.2, 0.25) is 0 Å². The molecule has 3 atom stereocenters. The molecule has 14 nitrogen and oxygen atoms in total. The number of rotatable bonds is 7. The number of benzene rings is 2. The van der Waals surface area contributed by atoms with Crippen LogP contribution in [0.3, 0.4) is 0 Å². The van der Waals surface area contributed by atoms with E-state index in [4.69, 9.17) is 5.26 Å². The third-order valence-corrected chi connectivity index (χ3v) is 13.7. The Labute approximate surface area is 338 Å². The van der Waals surface area contributed by atoms with Crippen LogP contribution in [0.1, 0.15) is 84.2 Å². The summed E-state index contributed by atoms with van der Waals surface area (Å²) in [5.74, 6) is -1.48. The minimum Gasteiger partial charge on any atom is -0.371 e. The second-order valence-electron chi connectivity index (χ2n) is 17.6. The highest BCUT2D eigenvalue weighted by atomic mass is 19.4. The zero-order valence-corrected chi connectivity index (χ0v) is 32.7. The van der Waals surface area contributed by atoms with Crippen molar-refractivity contribution >= 4 is 46.6 Å². The van der Waals surface area contributed by atoms with E-state index in [1.54, 1.807) is 44.4 Å². The van der Waals surface area contributed by atoms with Crippen molar-refractivity contribution in [3.63, 3.8) is 0 Å². The van der Waals surface area contributed by atoms with Gasteiger partial charge >= 0.3 is 6.18 Å². The van der Waals surface area contributed by atoms with E-state index in [0.717, 1.165) is 93.4 Å². The SMILES string of the molecule is CC(C)(C(=O)Nc1ccc(C#N)c(C(F)(F)F)c1)n1cc(N2CCC3(CC2)CN(C2CC4CN(c5ccc6c(c5)C(=O)N(C5CCC(=O)NC5=O)C6=O)CC4C2)C3)cn1. The molecule has 0 bridgehead atoms. The number of likely N-dealkylation sites (tertiary alicyclic amines) is 1. The van der Waals surface area contributed by atoms with Gasteiger partial charge in [-0.05, 0) is 99.6 Å². The van der Waals surface area contributed by atoms with Gasteiger partial charge in [-0.2, -0.15) is 23.5 Å². The van der Waals surface area contributed by atoms with Crippen LogP contribution < -0.4 is 20.4 Å². The maximum atomic E-state index is 13.5. The summed E-state index contributed by atoms with van der Waals surface area (Å²) in [5.41, 5.74) is -0.252. The van der Waals surface area contributed by atoms with Crippen LogP contribution in [0.15, 0.2) is 48.8 Å². The molecule has 1 spiro atoms. The van der Waals surface area contributed by atoms with E-state index < -0.39 is 58.4 Å². The molecule has 5 fully saturated rings. The van der Waals surface area contributed by atoms with Gasteiger partial charge in [-0.15, -0.1) is 0 Å². The number of nitriles is 1. The Morgan fingerprint density at radius 1 is 0.932 bits per heavy atom. The molecule has 17 heteroatoms. The number of carbonyl (C=O) groups is 5. The summed E-state index contributed by atoms with van der Waals surface area (Å²) in [6.07, 6.45) is 3.30. The molecule has 2 aromatic carbocycles. The lowest BCUT2D eigenvalue weighted by Gasteiger charge is -2.56. The van der Waals surface area contributed by atoms with Gasteiger partial charge in [0.05, 0.1) is 40.2 Å². The second kappa shape index (κ2) is 13.9. The third-order valence-electron chi connectivity index (χ3n) is 13.7. The van der Waals surface area contributed by atoms with Crippen LogP contribution >= 0.6 is 0 Å². The van der Waals surface area contributed by atoms with Gasteiger partial charge in [-0.25, -0.2) is 0 Å². The fourth-order valence-electron chi connectivity index (χ4n) is 10.2. The predicted molar refractivity (Wildman–Crippen MR) is 207 cm³/mol. The van der Waals surface area contributed by atoms with Crippen molar-refractivity contribution in [2.75, 3.05) is 54.4 Å². The molecule has 3 aromatic rings. The number of nitrogens with zero attached hydrogens (tertiary/aromatic N) is 7. The van der Waals surface area contributed by atoms with Gasteiger partial charge in [-0.1, -0.05) is 0 Å². The number of piperidine rings is 2. The molecule has 3 unspecified atom stereocenters. The van der Waals surface area contributed by atoms with E-state index in [1.807, 2.05) is 6.07 Å². The summed E-state index contributed by atoms with van der Waals surface area (Å²) in [5, 5.41) is 18.4. The summed E-state index contributed by atoms with van der Waals surface area (Å²) < 4.78 is 42.0. The molecule has 0 radical (unpaired) electrons. The number of alkyl halides is 3. The molecule has 5 amide bonds. The average molecular weight is 812 g/mol. The van der Waals surface area contributed by atoms with Gasteiger partial charge in [0.25, 0.3) is 17.7 Å². The molecule has 4 saturated heterocycles. The normalized spacial score (nSPS) is 25.5. The van der Waals surface area contributed by atoms with E-state index >= 15 is 0 Å². The number of hydrogen-bond donors (Lipinski definition) is 2. The molecule has 6 heterocycles. The Morgan fingerprint density at radius 3 is 2.29 bits per heavy atom. The number of amides is 5. The molecule has 5 aliphatic heterocycles. The maximum absolute atomic E-state index is 13.5. The molecule has 1 aromatic heterocycles. The van der Waals surface area contributed by atoms with E-state index in [-0.39, 0.29) is 29.5 Å². The van der Waals surface area contributed by atoms with E-state index in [0.29, 0.717) is 23.4 Å². The number of carbonyl (C=O) groups excluding carboxylic acids is 5. The average Bonchev–Trinajstić information content (AvgIpc) is 3.98. The van der Waals surface area contributed by atoms with Gasteiger partial charge in [0.15, 0.2) is 0 Å². The Hall–Kier alpha value is -5.76. The number of aromatic nitrogens is 2. The fourth-order valence-corrected chi connectivity index (χ4v) is 10.2. The quantitative estimate of drug-likeness (QED) is 0.328. The first-order valence-electron chi connectivity index (χ1n) is 20.1. The minimum atomic E-state index is -4.74. The number of nitrogens with one attached hydrogen (secondary N) is 2. The van der Waals surface area contributed by atoms with Crippen molar-refractivity contribution in [1.29, 1.82) is 5.26 Å². The fraction of sp³-hybridized carbons (Fsp3) is 0.500. The summed E-state index contributed by atoms with van der Waals surface area (Å²) in [6.45, 7) is 8.89. The Kier molecular flexibility index (Phi) is 9.14. The largest absolute Gasteiger partial charge is 0.417 e. The zero-order chi connectivity index (χ0) is 41.6. The molecule has 1 saturated carbocycles. The van der Waals surface area contributed by atoms with Gasteiger partial charge in [0.1, 0.15) is 11.6 Å². The van der Waals surface area contributed by atoms with E-state index in [1.165, 1.54) is 10.7 Å². The highest BCUT2D eigenvalue weighted by Gasteiger charge is 2.52. The van der Waals surface area contributed by atoms with Gasteiger partial charge in [0, 0.05) is 69.3 Å². The highest BCUT2D eigenvalue weighted by molar-refractivity contribution is 6.23. The number of imide groups is 2. The van der Waals surface area contributed by atoms with Gasteiger partial charge in [0.2, 0.25) is 11.8 Å². The van der Waals surface area contributed by atoms with Crippen molar-refractivity contribution in [2.45, 2.75) is 76.2 Å². The monoisotopic (exact) mass is 811 g/mol. The molecule has 1 aliphatic carbocycles. The zero-order valence-electron chi connectivity index (χ0n) is 32.7. The van der Waals surface area contributed by atoms with Crippen molar-refractivity contribution in [3.05, 3.63) is 71.0 Å². The number of hydrogen-bond acceptors (Lipinski definition) is 10. The molecule has 308 valence electrons. The van der Waals surface area contributed by atoms with Crippen LogP contribution in [0.4, 0.5) is 30.2 Å². The Bertz CT molecular complexity index is 2300. The van der Waals surface area contributed by atoms with Crippen LogP contribution in [-0.2, 0) is 26.1 Å². The molecule has 59 heavy (non-hydrogen) atoms. The van der Waals surface area contributed by atoms with Crippen molar-refractivity contribution in [2.24, 2.45) is 17.3 Å². The maximum Gasteiger partial charge on any atom is 0.417 e. The van der Waals surface area contributed by atoms with Crippen LogP contribution in [-0.4, -0.2) is 100 Å². The lowest BCUT2D eigenvalue weighted by atomic mass is 9.71. The number of fused-ring (bicyclic) bond motifs is 2. The first-order chi connectivity index (χ1) is 28.0. The summed E-state index contributed by atoms with van der Waals surface area (Å²) in [4.78, 5) is 72.2. The lowest BCUT2D eigenvalue weighted by molar-refractivity contribution is -0.138. The first kappa shape index (κ1) is 38.7. The number of anilines is 3. The molecule has 6 aliphatic rings. The van der Waals surface area contributed by atoms with Gasteiger partial charge < -0.3 is 15.1 Å². The smallest absolute Gasteiger partial charge is 0.371 e. The van der Waals surface area contributed by atoms with Crippen LogP contribution in [0, 0.1) is 28.6 Å². The molecular formula is C42H44F3N9O5. The second-order valence-corrected chi connectivity index (χ2v) is 17.6. The first-order valence-corrected chi connectivity index (χ1v) is 20.1. The minimum absolute atomic E-state index is 0.0587. The topological polar surface area (TPSA) is 164 Å². The third kappa shape index (κ3) is 6.70. The van der Waals surface area contributed by atoms with Crippen molar-refractivity contribution in [3.8, 4) is 6.07 Å². The van der Waals surface area contributed by atoms with Crippen LogP contribution in [0.25, 0.3) is 0 Å². The molecule has 9 rings (SSSR count). The molecular weight excluding hydrogens is 768 g/mol. The Morgan fingerprint density at radius 2 is 1.63 bits per heavy atom. The summed E-state index contributed by atoms with van der Waals surface area (Å²) in [6, 6.07) is 9.56.